The number of aliphatic hydroxyl groups excluding tert-OH is 1. The fourth-order valence-corrected chi connectivity index (χ4v) is 2.47. The van der Waals surface area contributed by atoms with Crippen molar-refractivity contribution in [2.75, 3.05) is 20.2 Å². The number of carbonyl (C=O) groups is 1. The first kappa shape index (κ1) is 13.1. The third-order valence-corrected chi connectivity index (χ3v) is 3.29. The number of aliphatic hydroxyl groups is 1. The molecule has 98 valence electrons. The van der Waals surface area contributed by atoms with E-state index in [0.29, 0.717) is 19.5 Å². The van der Waals surface area contributed by atoms with Gasteiger partial charge in [-0.2, -0.15) is 0 Å². The SMILES string of the molecule is COC(=O)[C@@H]1C[C@@H](O)CN(Cc2ccccc2)C1. The number of benzene rings is 1. The molecule has 1 aliphatic heterocycles. The Morgan fingerprint density at radius 2 is 2.11 bits per heavy atom. The highest BCUT2D eigenvalue weighted by Crippen LogP contribution is 2.20. The van der Waals surface area contributed by atoms with E-state index >= 15 is 0 Å². The minimum Gasteiger partial charge on any atom is -0.469 e. The molecule has 0 saturated carbocycles. The van der Waals surface area contributed by atoms with Crippen LogP contribution in [0.1, 0.15) is 12.0 Å². The summed E-state index contributed by atoms with van der Waals surface area (Å²) in [6.45, 7) is 2.02. The Morgan fingerprint density at radius 3 is 2.78 bits per heavy atom. The van der Waals surface area contributed by atoms with Crippen LogP contribution in [-0.2, 0) is 16.1 Å². The van der Waals surface area contributed by atoms with Crippen molar-refractivity contribution in [3.63, 3.8) is 0 Å². The summed E-state index contributed by atoms with van der Waals surface area (Å²) in [5.41, 5.74) is 1.19. The summed E-state index contributed by atoms with van der Waals surface area (Å²) in [7, 11) is 1.39. The summed E-state index contributed by atoms with van der Waals surface area (Å²) in [5, 5.41) is 9.82. The number of esters is 1. The fourth-order valence-electron chi connectivity index (χ4n) is 2.47. The molecule has 4 nitrogen and oxygen atoms in total. The van der Waals surface area contributed by atoms with Crippen LogP contribution in [0.5, 0.6) is 0 Å². The Morgan fingerprint density at radius 1 is 1.39 bits per heavy atom. The van der Waals surface area contributed by atoms with Gasteiger partial charge in [0.2, 0.25) is 0 Å². The molecule has 0 radical (unpaired) electrons. The fraction of sp³-hybridized carbons (Fsp3) is 0.500. The number of ether oxygens (including phenoxy) is 1. The summed E-state index contributed by atoms with van der Waals surface area (Å²) < 4.78 is 4.76. The number of likely N-dealkylation sites (tertiary alicyclic amines) is 1. The number of carbonyl (C=O) groups excluding carboxylic acids is 1. The Labute approximate surface area is 107 Å². The van der Waals surface area contributed by atoms with Crippen LogP contribution < -0.4 is 0 Å². The molecule has 1 aliphatic rings. The van der Waals surface area contributed by atoms with Crippen LogP contribution in [0.15, 0.2) is 30.3 Å². The number of rotatable bonds is 3. The maximum absolute atomic E-state index is 11.6. The topological polar surface area (TPSA) is 49.8 Å². The summed E-state index contributed by atoms with van der Waals surface area (Å²) in [6, 6.07) is 10.1. The summed E-state index contributed by atoms with van der Waals surface area (Å²) in [5.74, 6) is -0.450. The highest BCUT2D eigenvalue weighted by molar-refractivity contribution is 5.72. The second-order valence-corrected chi connectivity index (χ2v) is 4.79. The van der Waals surface area contributed by atoms with Crippen molar-refractivity contribution >= 4 is 5.97 Å². The normalized spacial score (nSPS) is 24.8. The van der Waals surface area contributed by atoms with Gasteiger partial charge in [0.25, 0.3) is 0 Å². The van der Waals surface area contributed by atoms with Crippen LogP contribution in [0.4, 0.5) is 0 Å². The minimum atomic E-state index is -0.452. The lowest BCUT2D eigenvalue weighted by molar-refractivity contribution is -0.149. The van der Waals surface area contributed by atoms with Crippen molar-refractivity contribution in [1.29, 1.82) is 0 Å². The van der Waals surface area contributed by atoms with Crippen LogP contribution in [-0.4, -0.2) is 42.3 Å². The minimum absolute atomic E-state index is 0.220. The van der Waals surface area contributed by atoms with E-state index in [1.54, 1.807) is 0 Å². The highest BCUT2D eigenvalue weighted by Gasteiger charge is 2.31. The number of piperidine rings is 1. The molecule has 1 N–H and O–H groups in total. The predicted octanol–water partition coefficient (Wildman–Crippen LogP) is 1.04. The van der Waals surface area contributed by atoms with Gasteiger partial charge < -0.3 is 9.84 Å². The van der Waals surface area contributed by atoms with Crippen molar-refractivity contribution in [3.05, 3.63) is 35.9 Å². The van der Waals surface area contributed by atoms with Gasteiger partial charge in [0, 0.05) is 19.6 Å². The van der Waals surface area contributed by atoms with E-state index in [0.717, 1.165) is 6.54 Å². The molecular weight excluding hydrogens is 230 g/mol. The van der Waals surface area contributed by atoms with Crippen LogP contribution in [0, 0.1) is 5.92 Å². The van der Waals surface area contributed by atoms with Crippen molar-refractivity contribution in [2.45, 2.75) is 19.1 Å². The van der Waals surface area contributed by atoms with E-state index in [1.807, 2.05) is 30.3 Å². The van der Waals surface area contributed by atoms with Crippen molar-refractivity contribution < 1.29 is 14.6 Å². The quantitative estimate of drug-likeness (QED) is 0.813. The first-order valence-corrected chi connectivity index (χ1v) is 6.21. The van der Waals surface area contributed by atoms with Gasteiger partial charge in [0.1, 0.15) is 0 Å². The van der Waals surface area contributed by atoms with E-state index in [-0.39, 0.29) is 11.9 Å². The number of hydrogen-bond acceptors (Lipinski definition) is 4. The molecular formula is C14H19NO3. The maximum atomic E-state index is 11.6. The maximum Gasteiger partial charge on any atom is 0.310 e. The van der Waals surface area contributed by atoms with Crippen LogP contribution in [0.25, 0.3) is 0 Å². The Balaban J connectivity index is 1.98. The monoisotopic (exact) mass is 249 g/mol. The van der Waals surface area contributed by atoms with E-state index in [9.17, 15) is 9.90 Å². The molecule has 0 aliphatic carbocycles. The molecule has 0 aromatic heterocycles. The molecule has 18 heavy (non-hydrogen) atoms. The summed E-state index contributed by atoms with van der Waals surface area (Å²) >= 11 is 0. The molecule has 1 saturated heterocycles. The van der Waals surface area contributed by atoms with Gasteiger partial charge in [-0.3, -0.25) is 9.69 Å². The molecule has 0 spiro atoms. The van der Waals surface area contributed by atoms with E-state index in [2.05, 4.69) is 4.90 Å². The molecule has 1 aromatic rings. The molecule has 1 aromatic carbocycles. The second-order valence-electron chi connectivity index (χ2n) is 4.79. The van der Waals surface area contributed by atoms with Gasteiger partial charge in [0.15, 0.2) is 0 Å². The first-order valence-electron chi connectivity index (χ1n) is 6.21. The highest BCUT2D eigenvalue weighted by atomic mass is 16.5. The average molecular weight is 249 g/mol. The lowest BCUT2D eigenvalue weighted by atomic mass is 9.95. The largest absolute Gasteiger partial charge is 0.469 e. The van der Waals surface area contributed by atoms with E-state index in [4.69, 9.17) is 4.74 Å². The predicted molar refractivity (Wildman–Crippen MR) is 67.8 cm³/mol. The second kappa shape index (κ2) is 5.98. The van der Waals surface area contributed by atoms with Gasteiger partial charge in [0.05, 0.1) is 19.1 Å². The summed E-state index contributed by atoms with van der Waals surface area (Å²) in [6.07, 6.45) is 0.0457. The van der Waals surface area contributed by atoms with E-state index < -0.39 is 6.10 Å². The average Bonchev–Trinajstić information content (AvgIpc) is 2.38. The molecule has 2 rings (SSSR count). The molecule has 0 unspecified atom stereocenters. The summed E-state index contributed by atoms with van der Waals surface area (Å²) in [4.78, 5) is 13.7. The van der Waals surface area contributed by atoms with Crippen molar-refractivity contribution in [1.82, 2.24) is 4.90 Å². The molecule has 0 bridgehead atoms. The van der Waals surface area contributed by atoms with Crippen molar-refractivity contribution in [3.8, 4) is 0 Å². The van der Waals surface area contributed by atoms with Crippen molar-refractivity contribution in [2.24, 2.45) is 5.92 Å². The first-order chi connectivity index (χ1) is 8.69. The van der Waals surface area contributed by atoms with Gasteiger partial charge >= 0.3 is 5.97 Å². The number of methoxy groups -OCH3 is 1. The zero-order valence-electron chi connectivity index (χ0n) is 10.6. The lowest BCUT2D eigenvalue weighted by Crippen LogP contribution is -2.45. The van der Waals surface area contributed by atoms with Crippen LogP contribution in [0.2, 0.25) is 0 Å². The zero-order chi connectivity index (χ0) is 13.0. The van der Waals surface area contributed by atoms with Crippen LogP contribution >= 0.6 is 0 Å². The standard InChI is InChI=1S/C14H19NO3/c1-18-14(17)12-7-13(16)10-15(9-12)8-11-5-3-2-4-6-11/h2-6,12-13,16H,7-10H2,1H3/t12-,13-/m1/s1. The number of β-amino-alcohol motifs (C(OH)–C–C–N with tert-alkyl or cyclic N) is 1. The zero-order valence-corrected chi connectivity index (χ0v) is 10.6. The van der Waals surface area contributed by atoms with Gasteiger partial charge in [-0.1, -0.05) is 30.3 Å². The molecule has 2 atom stereocenters. The number of hydrogen-bond donors (Lipinski definition) is 1. The Kier molecular flexibility index (Phi) is 4.33. The van der Waals surface area contributed by atoms with Gasteiger partial charge in [-0.05, 0) is 12.0 Å². The molecule has 1 heterocycles. The third kappa shape index (κ3) is 3.31. The molecule has 1 fully saturated rings. The Bertz CT molecular complexity index is 393. The lowest BCUT2D eigenvalue weighted by Gasteiger charge is -2.34. The Hall–Kier alpha value is -1.39. The van der Waals surface area contributed by atoms with E-state index in [1.165, 1.54) is 12.7 Å². The molecule has 4 heteroatoms. The third-order valence-electron chi connectivity index (χ3n) is 3.29. The van der Waals surface area contributed by atoms with Gasteiger partial charge in [-0.25, -0.2) is 0 Å². The number of nitrogens with zero attached hydrogens (tertiary/aromatic N) is 1. The molecule has 0 amide bonds. The van der Waals surface area contributed by atoms with Crippen LogP contribution in [0.3, 0.4) is 0 Å². The smallest absolute Gasteiger partial charge is 0.310 e. The van der Waals surface area contributed by atoms with Gasteiger partial charge in [-0.15, -0.1) is 0 Å².